The van der Waals surface area contributed by atoms with Crippen molar-refractivity contribution in [3.05, 3.63) is 29.8 Å². The minimum atomic E-state index is -3.34. The van der Waals surface area contributed by atoms with Gasteiger partial charge in [0.15, 0.2) is 0 Å². The molecule has 0 unspecified atom stereocenters. The fourth-order valence-corrected chi connectivity index (χ4v) is 3.63. The Morgan fingerprint density at radius 1 is 1.40 bits per heavy atom. The molecular formula is C18H29N3O3S. The Morgan fingerprint density at radius 3 is 2.84 bits per heavy atom. The van der Waals surface area contributed by atoms with Crippen molar-refractivity contribution in [2.24, 2.45) is 5.92 Å². The van der Waals surface area contributed by atoms with Gasteiger partial charge in [-0.1, -0.05) is 13.0 Å². The fourth-order valence-electron chi connectivity index (χ4n) is 3.13. The zero-order valence-electron chi connectivity index (χ0n) is 15.4. The topological polar surface area (TPSA) is 69.7 Å². The lowest BCUT2D eigenvalue weighted by atomic mass is 10.0. The highest BCUT2D eigenvalue weighted by Gasteiger charge is 2.16. The lowest BCUT2D eigenvalue weighted by Crippen LogP contribution is -2.36. The summed E-state index contributed by atoms with van der Waals surface area (Å²) in [4.78, 5) is 14.7. The number of carbonyl (C=O) groups excluding carboxylic acids is 1. The number of piperidine rings is 1. The minimum absolute atomic E-state index is 0.171. The van der Waals surface area contributed by atoms with Gasteiger partial charge in [0.1, 0.15) is 0 Å². The molecule has 0 radical (unpaired) electrons. The molecule has 0 bridgehead atoms. The summed E-state index contributed by atoms with van der Waals surface area (Å²) in [5.74, 6) is 0.591. The molecular weight excluding hydrogens is 338 g/mol. The Bertz CT molecular complexity index is 691. The SMILES string of the molecule is C[C@@H]1CCCN(CCCNC(=O)c2cccc(N(C)S(C)(=O)=O)c2)C1. The number of nitrogens with one attached hydrogen (secondary N) is 1. The summed E-state index contributed by atoms with van der Waals surface area (Å²) in [6.07, 6.45) is 4.63. The van der Waals surface area contributed by atoms with Crippen molar-refractivity contribution < 1.29 is 13.2 Å². The number of nitrogens with zero attached hydrogens (tertiary/aromatic N) is 2. The number of rotatable bonds is 7. The molecule has 1 aromatic carbocycles. The molecule has 6 nitrogen and oxygen atoms in total. The van der Waals surface area contributed by atoms with Crippen LogP contribution >= 0.6 is 0 Å². The van der Waals surface area contributed by atoms with Gasteiger partial charge in [-0.2, -0.15) is 0 Å². The van der Waals surface area contributed by atoms with Crippen LogP contribution < -0.4 is 9.62 Å². The van der Waals surface area contributed by atoms with E-state index in [9.17, 15) is 13.2 Å². The molecule has 1 aliphatic heterocycles. The van der Waals surface area contributed by atoms with Crippen LogP contribution in [0.4, 0.5) is 5.69 Å². The number of hydrogen-bond donors (Lipinski definition) is 1. The van der Waals surface area contributed by atoms with Crippen molar-refractivity contribution in [3.63, 3.8) is 0 Å². The predicted octanol–water partition coefficient (Wildman–Crippen LogP) is 1.93. The molecule has 1 heterocycles. The molecule has 2 rings (SSSR count). The largest absolute Gasteiger partial charge is 0.352 e. The number of anilines is 1. The summed E-state index contributed by atoms with van der Waals surface area (Å²) in [6.45, 7) is 6.21. The van der Waals surface area contributed by atoms with Gasteiger partial charge in [0, 0.05) is 25.7 Å². The molecule has 0 aliphatic carbocycles. The molecule has 7 heteroatoms. The van der Waals surface area contributed by atoms with Gasteiger partial charge in [-0.3, -0.25) is 9.10 Å². The summed E-state index contributed by atoms with van der Waals surface area (Å²) in [5.41, 5.74) is 0.956. The number of amides is 1. The average Bonchev–Trinajstić information content (AvgIpc) is 2.57. The summed E-state index contributed by atoms with van der Waals surface area (Å²) < 4.78 is 24.4. The van der Waals surface area contributed by atoms with Crippen molar-refractivity contribution in [2.45, 2.75) is 26.2 Å². The molecule has 1 amide bonds. The van der Waals surface area contributed by atoms with Crippen LogP contribution in [0.25, 0.3) is 0 Å². The smallest absolute Gasteiger partial charge is 0.251 e. The van der Waals surface area contributed by atoms with E-state index in [0.29, 0.717) is 17.8 Å². The summed E-state index contributed by atoms with van der Waals surface area (Å²) >= 11 is 0. The van der Waals surface area contributed by atoms with Crippen molar-refractivity contribution in [1.82, 2.24) is 10.2 Å². The zero-order valence-corrected chi connectivity index (χ0v) is 16.2. The molecule has 0 aromatic heterocycles. The molecule has 140 valence electrons. The van der Waals surface area contributed by atoms with Gasteiger partial charge in [0.05, 0.1) is 11.9 Å². The minimum Gasteiger partial charge on any atom is -0.352 e. The number of carbonyl (C=O) groups is 1. The van der Waals surface area contributed by atoms with Crippen molar-refractivity contribution in [3.8, 4) is 0 Å². The van der Waals surface area contributed by atoms with Crippen LogP contribution in [0.1, 0.15) is 36.5 Å². The Morgan fingerprint density at radius 2 is 2.16 bits per heavy atom. The highest BCUT2D eigenvalue weighted by atomic mass is 32.2. The van der Waals surface area contributed by atoms with Crippen LogP contribution in [-0.4, -0.2) is 58.7 Å². The van der Waals surface area contributed by atoms with E-state index < -0.39 is 10.0 Å². The van der Waals surface area contributed by atoms with E-state index in [1.807, 2.05) is 0 Å². The molecule has 0 saturated carbocycles. The van der Waals surface area contributed by atoms with Gasteiger partial charge >= 0.3 is 0 Å². The van der Waals surface area contributed by atoms with Gasteiger partial charge in [-0.25, -0.2) is 8.42 Å². The van der Waals surface area contributed by atoms with E-state index >= 15 is 0 Å². The maximum Gasteiger partial charge on any atom is 0.251 e. The van der Waals surface area contributed by atoms with Crippen molar-refractivity contribution in [2.75, 3.05) is 43.8 Å². The molecule has 1 fully saturated rings. The first-order valence-corrected chi connectivity index (χ1v) is 10.7. The number of likely N-dealkylation sites (tertiary alicyclic amines) is 1. The van der Waals surface area contributed by atoms with Gasteiger partial charge in [-0.05, 0) is 56.5 Å². The second-order valence-electron chi connectivity index (χ2n) is 6.94. The lowest BCUT2D eigenvalue weighted by Gasteiger charge is -2.30. The maximum absolute atomic E-state index is 12.3. The first-order valence-electron chi connectivity index (χ1n) is 8.82. The third-order valence-electron chi connectivity index (χ3n) is 4.65. The van der Waals surface area contributed by atoms with E-state index in [2.05, 4.69) is 17.1 Å². The number of benzene rings is 1. The fraction of sp³-hybridized carbons (Fsp3) is 0.611. The van der Waals surface area contributed by atoms with Gasteiger partial charge in [0.2, 0.25) is 10.0 Å². The standard InChI is InChI=1S/C18H29N3O3S/c1-15-7-5-11-21(14-15)12-6-10-19-18(22)16-8-4-9-17(13-16)20(2)25(3,23)24/h4,8-9,13,15H,5-7,10-12,14H2,1-3H3,(H,19,22)/t15-/m1/s1. The summed E-state index contributed by atoms with van der Waals surface area (Å²) in [5, 5.41) is 2.92. The van der Waals surface area contributed by atoms with E-state index in [1.165, 1.54) is 24.2 Å². The van der Waals surface area contributed by atoms with E-state index in [0.717, 1.165) is 38.2 Å². The Balaban J connectivity index is 1.82. The van der Waals surface area contributed by atoms with Gasteiger partial charge < -0.3 is 10.2 Å². The second kappa shape index (κ2) is 8.67. The molecule has 1 N–H and O–H groups in total. The van der Waals surface area contributed by atoms with Crippen molar-refractivity contribution in [1.29, 1.82) is 0 Å². The van der Waals surface area contributed by atoms with Crippen LogP contribution in [0.5, 0.6) is 0 Å². The van der Waals surface area contributed by atoms with Crippen LogP contribution in [0.3, 0.4) is 0 Å². The van der Waals surface area contributed by atoms with Crippen molar-refractivity contribution >= 4 is 21.6 Å². The van der Waals surface area contributed by atoms with Crippen LogP contribution in [0.15, 0.2) is 24.3 Å². The van der Waals surface area contributed by atoms with E-state index in [4.69, 9.17) is 0 Å². The van der Waals surface area contributed by atoms with Crippen LogP contribution in [-0.2, 0) is 10.0 Å². The maximum atomic E-state index is 12.3. The summed E-state index contributed by atoms with van der Waals surface area (Å²) in [7, 11) is -1.86. The second-order valence-corrected chi connectivity index (χ2v) is 8.95. The predicted molar refractivity (Wildman–Crippen MR) is 101 cm³/mol. The zero-order chi connectivity index (χ0) is 18.4. The first kappa shape index (κ1) is 19.7. The normalized spacial score (nSPS) is 18.8. The quantitative estimate of drug-likeness (QED) is 0.748. The van der Waals surface area contributed by atoms with Gasteiger partial charge in [0.25, 0.3) is 5.91 Å². The summed E-state index contributed by atoms with van der Waals surface area (Å²) in [6, 6.07) is 6.67. The molecule has 0 spiro atoms. The molecule has 1 atom stereocenters. The molecule has 25 heavy (non-hydrogen) atoms. The van der Waals surface area contributed by atoms with Crippen LogP contribution in [0.2, 0.25) is 0 Å². The molecule has 1 aliphatic rings. The monoisotopic (exact) mass is 367 g/mol. The van der Waals surface area contributed by atoms with E-state index in [1.54, 1.807) is 24.3 Å². The molecule has 1 aromatic rings. The average molecular weight is 368 g/mol. The Kier molecular flexibility index (Phi) is 6.84. The highest BCUT2D eigenvalue weighted by Crippen LogP contribution is 2.17. The number of sulfonamides is 1. The Hall–Kier alpha value is -1.60. The molecule has 1 saturated heterocycles. The lowest BCUT2D eigenvalue weighted by molar-refractivity contribution is 0.0950. The first-order chi connectivity index (χ1) is 11.8. The van der Waals surface area contributed by atoms with Crippen LogP contribution in [0, 0.1) is 5.92 Å². The van der Waals surface area contributed by atoms with E-state index in [-0.39, 0.29) is 5.91 Å². The highest BCUT2D eigenvalue weighted by molar-refractivity contribution is 7.92. The third kappa shape index (κ3) is 6.01. The Labute approximate surface area is 151 Å². The van der Waals surface area contributed by atoms with Gasteiger partial charge in [-0.15, -0.1) is 0 Å². The third-order valence-corrected chi connectivity index (χ3v) is 5.85. The number of hydrogen-bond acceptors (Lipinski definition) is 4.